The summed E-state index contributed by atoms with van der Waals surface area (Å²) < 4.78 is 0. The van der Waals surface area contributed by atoms with Gasteiger partial charge in [0, 0.05) is 130 Å². The van der Waals surface area contributed by atoms with Gasteiger partial charge in [-0.2, -0.15) is 0 Å². The molecule has 13 aliphatic rings. The Kier molecular flexibility index (Phi) is 32.2. The first-order chi connectivity index (χ1) is 44.1. The Morgan fingerprint density at radius 3 is 1.18 bits per heavy atom. The number of nitrogens with one attached hydrogen (secondary N) is 15. The van der Waals surface area contributed by atoms with Gasteiger partial charge in [-0.15, -0.1) is 0 Å². The highest BCUT2D eigenvalue weighted by atomic mass is 16.3. The number of aliphatic hydroxyl groups is 1. The summed E-state index contributed by atoms with van der Waals surface area (Å²) >= 11 is 0. The molecule has 0 spiro atoms. The number of β-amino-alcohol motifs (C(OH)–C–C–N with tert-alkyl or cyclic N) is 1. The molecule has 3 aliphatic carbocycles. The normalized spacial score (nSPS) is 25.8. The number of hydrogen-bond donors (Lipinski definition) is 16. The Bertz CT molecular complexity index is 2360. The number of hydrogen-bond acceptors (Lipinski definition) is 14. The maximum Gasteiger partial charge on any atom is 0.321 e. The van der Waals surface area contributed by atoms with Gasteiger partial charge in [-0.1, -0.05) is 64.7 Å². The number of aliphatic hydroxyl groups excluding tert-OH is 1. The second-order valence-corrected chi connectivity index (χ2v) is 24.4. The van der Waals surface area contributed by atoms with Gasteiger partial charge in [0.1, 0.15) is 12.3 Å². The van der Waals surface area contributed by atoms with Crippen molar-refractivity contribution in [2.75, 3.05) is 92.6 Å². The predicted octanol–water partition coefficient (Wildman–Crippen LogP) is 0.783. The Labute approximate surface area is 537 Å². The van der Waals surface area contributed by atoms with E-state index >= 15 is 0 Å². The van der Waals surface area contributed by atoms with Crippen LogP contribution in [0.15, 0.2) is 0 Å². The number of rotatable bonds is 3. The number of nitrogens with zero attached hydrogens (tertiary/aromatic N) is 5. The molecule has 3 saturated carbocycles. The number of urea groups is 10. The van der Waals surface area contributed by atoms with Crippen molar-refractivity contribution in [1.29, 1.82) is 0 Å². The number of carbonyl (C=O) groups is 13. The summed E-state index contributed by atoms with van der Waals surface area (Å²) in [5.41, 5.74) is 0. The third-order valence-electron chi connectivity index (χ3n) is 16.8. The second kappa shape index (κ2) is 39.8. The van der Waals surface area contributed by atoms with E-state index in [1.807, 2.05) is 19.0 Å². The molecule has 10 saturated heterocycles. The van der Waals surface area contributed by atoms with Crippen LogP contribution in [-0.4, -0.2) is 243 Å². The van der Waals surface area contributed by atoms with Crippen LogP contribution in [0.5, 0.6) is 0 Å². The van der Waals surface area contributed by atoms with Crippen LogP contribution in [0.3, 0.4) is 0 Å². The zero-order valence-corrected chi connectivity index (χ0v) is 53.9. The SMILES string of the molecule is CC1CC(=O)NC(=O)N1.CC1CNC(=O)NC1=O.CN1CCCN(C)C1=O.O=C1CCNC(=O)N1.O=C1N(C2CCCCC2)CCCN1C1CCCCC1.O=C1NC2NC(=O)NC2N1.O=C1NCC(O)CN1.O=C1NCCCN1.O=C1NCCCN1C1CCCCC1. The Balaban J connectivity index is 0.000000192. The van der Waals surface area contributed by atoms with Gasteiger partial charge < -0.3 is 93.4 Å². The van der Waals surface area contributed by atoms with E-state index in [2.05, 4.69) is 89.6 Å². The lowest BCUT2D eigenvalue weighted by atomic mass is 9.92. The highest BCUT2D eigenvalue weighted by Crippen LogP contribution is 2.30. The summed E-state index contributed by atoms with van der Waals surface area (Å²) in [6.45, 7) is 12.5. The molecule has 2 atom stereocenters. The molecule has 13 fully saturated rings. The van der Waals surface area contributed by atoms with E-state index in [9.17, 15) is 62.3 Å². The molecule has 34 heteroatoms. The summed E-state index contributed by atoms with van der Waals surface area (Å²) in [5.74, 6) is -0.693. The monoisotopic (exact) mass is 1300 g/mol. The molecule has 518 valence electrons. The smallest absolute Gasteiger partial charge is 0.321 e. The number of fused-ring (bicyclic) bond motifs is 1. The quantitative estimate of drug-likeness (QED) is 0.186. The maximum atomic E-state index is 12.8. The van der Waals surface area contributed by atoms with Gasteiger partial charge >= 0.3 is 60.3 Å². The number of imide groups is 3. The predicted molar refractivity (Wildman–Crippen MR) is 336 cm³/mol. The van der Waals surface area contributed by atoms with E-state index in [1.54, 1.807) is 23.6 Å². The lowest BCUT2D eigenvalue weighted by Gasteiger charge is -2.45. The van der Waals surface area contributed by atoms with Crippen molar-refractivity contribution in [2.45, 2.75) is 191 Å². The van der Waals surface area contributed by atoms with E-state index < -0.39 is 18.2 Å². The second-order valence-electron chi connectivity index (χ2n) is 24.4. The van der Waals surface area contributed by atoms with E-state index in [1.165, 1.54) is 103 Å². The lowest BCUT2D eigenvalue weighted by molar-refractivity contribution is -0.124. The minimum Gasteiger partial charge on any atom is -0.389 e. The highest BCUT2D eigenvalue weighted by Gasteiger charge is 2.39. The first-order valence-electron chi connectivity index (χ1n) is 32.8. The molecule has 0 radical (unpaired) electrons. The molecule has 16 N–H and O–H groups in total. The summed E-state index contributed by atoms with van der Waals surface area (Å²) in [5, 5.41) is 45.6. The van der Waals surface area contributed by atoms with E-state index in [-0.39, 0.29) is 84.2 Å². The third kappa shape index (κ3) is 27.2. The fourth-order valence-corrected chi connectivity index (χ4v) is 11.7. The van der Waals surface area contributed by atoms with E-state index in [0.717, 1.165) is 71.6 Å². The third-order valence-corrected chi connectivity index (χ3v) is 16.8. The minimum absolute atomic E-state index is 0.0220. The van der Waals surface area contributed by atoms with Crippen LogP contribution >= 0.6 is 0 Å². The van der Waals surface area contributed by atoms with Gasteiger partial charge in [0.2, 0.25) is 17.7 Å². The first kappa shape index (κ1) is 74.4. The van der Waals surface area contributed by atoms with Crippen molar-refractivity contribution in [2.24, 2.45) is 5.92 Å². The lowest BCUT2D eigenvalue weighted by Crippen LogP contribution is -2.56. The summed E-state index contributed by atoms with van der Waals surface area (Å²) in [6, 6.07) is 0.356. The molecule has 10 heterocycles. The topological polar surface area (TPSA) is 439 Å². The van der Waals surface area contributed by atoms with Crippen LogP contribution in [0.4, 0.5) is 47.9 Å². The van der Waals surface area contributed by atoms with Crippen molar-refractivity contribution in [1.82, 2.24) is 104 Å². The number of carbonyl (C=O) groups excluding carboxylic acids is 13. The van der Waals surface area contributed by atoms with Gasteiger partial charge in [0.25, 0.3) is 0 Å². The minimum atomic E-state index is -0.423. The molecule has 0 aromatic heterocycles. The van der Waals surface area contributed by atoms with Crippen molar-refractivity contribution in [3.63, 3.8) is 0 Å². The molecule has 0 aromatic carbocycles. The summed E-state index contributed by atoms with van der Waals surface area (Å²) in [6.07, 6.45) is 23.6. The van der Waals surface area contributed by atoms with Gasteiger partial charge in [-0.3, -0.25) is 30.3 Å². The van der Waals surface area contributed by atoms with Crippen LogP contribution in [0.1, 0.15) is 149 Å². The Morgan fingerprint density at radius 1 is 0.370 bits per heavy atom. The van der Waals surface area contributed by atoms with Crippen molar-refractivity contribution < 1.29 is 67.4 Å². The van der Waals surface area contributed by atoms with Crippen LogP contribution in [0.2, 0.25) is 0 Å². The van der Waals surface area contributed by atoms with Crippen molar-refractivity contribution in [3.05, 3.63) is 0 Å². The fourth-order valence-electron chi connectivity index (χ4n) is 11.7. The van der Waals surface area contributed by atoms with Gasteiger partial charge in [-0.25, -0.2) is 47.9 Å². The van der Waals surface area contributed by atoms with E-state index in [4.69, 9.17) is 5.11 Å². The van der Waals surface area contributed by atoms with Gasteiger partial charge in [-0.05, 0) is 71.1 Å². The van der Waals surface area contributed by atoms with Crippen molar-refractivity contribution >= 4 is 78.0 Å². The average Bonchev–Trinajstić information content (AvgIpc) is 1.47. The molecule has 23 amide bonds. The zero-order valence-electron chi connectivity index (χ0n) is 53.9. The van der Waals surface area contributed by atoms with Crippen LogP contribution in [-0.2, 0) is 14.4 Å². The van der Waals surface area contributed by atoms with Crippen LogP contribution in [0, 0.1) is 5.92 Å². The van der Waals surface area contributed by atoms with Gasteiger partial charge in [0.05, 0.1) is 12.0 Å². The molecule has 10 aliphatic heterocycles. The zero-order chi connectivity index (χ0) is 67.0. The summed E-state index contributed by atoms with van der Waals surface area (Å²) in [4.78, 5) is 149. The number of amides is 23. The Morgan fingerprint density at radius 2 is 0.793 bits per heavy atom. The molecule has 2 unspecified atom stereocenters. The molecule has 0 bridgehead atoms. The molecule has 13 rings (SSSR count). The molecule has 92 heavy (non-hydrogen) atoms. The molecule has 0 aromatic rings. The van der Waals surface area contributed by atoms with Crippen molar-refractivity contribution in [3.8, 4) is 0 Å². The first-order valence-corrected chi connectivity index (χ1v) is 32.8. The maximum absolute atomic E-state index is 12.8. The average molecular weight is 1300 g/mol. The highest BCUT2D eigenvalue weighted by molar-refractivity contribution is 5.98. The van der Waals surface area contributed by atoms with E-state index in [0.29, 0.717) is 63.2 Å². The summed E-state index contributed by atoms with van der Waals surface area (Å²) in [7, 11) is 3.66. The Hall–Kier alpha value is -8.33. The van der Waals surface area contributed by atoms with Crippen LogP contribution < -0.4 is 79.8 Å². The van der Waals surface area contributed by atoms with Crippen LogP contribution in [0.25, 0.3) is 0 Å². The molecular formula is C58H102N20O14. The van der Waals surface area contributed by atoms with Gasteiger partial charge in [0.15, 0.2) is 0 Å². The standard InChI is InChI=1S/C16H28N2O.C10H18N2O.C6H12N2O.2C5H8N2O2.C4H6N4O2.C4H8N2O2.C4H6N2O2.C4H8N2O/c19-16-17(14-8-3-1-4-9-14)12-7-13-18(16)15-10-5-2-6-11-15;13-10-11-7-4-8-12(10)9-5-2-1-3-6-9;1-7-4-3-5-8(2)6(7)9;1-3-2-6-5(9)7-4(3)8;1-3-2-4(8)7-5(9)6-3;9-3-5-1-2(7-3)8-4(10)6-1;7-3-1-5-4(8)6-2-3;7-3-1-2-5-4(8)6-3;7-4-5-2-1-3-6-4/h14-15H,1-13H2;9H,1-8H2,(H,11,13);3-5H2,1-2H3;2*3H,2H2,1H3,(H2,6,7,8,9);1-2H,(H2,5,7,9)(H2,6,8,10);3,7H,1-2H2,(H2,5,6,8);1-2H2,(H2,5,6,7,8);1-3H2,(H2,5,6,7). The largest absolute Gasteiger partial charge is 0.389 e. The molecular weight excluding hydrogens is 1200 g/mol. The fraction of sp³-hybridized carbons (Fsp3) is 0.776. The molecule has 34 nitrogen and oxygen atoms in total.